The number of hydrogen-bond acceptors (Lipinski definition) is 7. The second-order valence-corrected chi connectivity index (χ2v) is 11.9. The van der Waals surface area contributed by atoms with Crippen molar-refractivity contribution in [1.29, 1.82) is 0 Å². The summed E-state index contributed by atoms with van der Waals surface area (Å²) in [5.41, 5.74) is 0.956. The highest BCUT2D eigenvalue weighted by Crippen LogP contribution is 2.25. The maximum Gasteiger partial charge on any atom is 0.323 e. The van der Waals surface area contributed by atoms with Crippen LogP contribution >= 0.6 is 12.2 Å². The van der Waals surface area contributed by atoms with Crippen molar-refractivity contribution in [3.05, 3.63) is 71.6 Å². The van der Waals surface area contributed by atoms with Gasteiger partial charge in [0.25, 0.3) is 0 Å². The van der Waals surface area contributed by atoms with Crippen LogP contribution in [0.4, 0.5) is 19.3 Å². The Labute approximate surface area is 261 Å². The number of amides is 3. The standard InChI is InChI=1S/C31H39F2N7O3S/c1-20-34-27(36-31(42)40-15-5-6-24(40)19-39-13-3-4-14-39)18-29(38(20)2)43-26-12-11-23(17-25(26)33)35-30(44)37-28(41)16-21-7-9-22(32)10-8-21/h7-12,17-18,20,24,29,34H,3-6,13-16,19H2,1-2H3,(H,36,42)(H2,35,37,41,44). The summed E-state index contributed by atoms with van der Waals surface area (Å²) in [6, 6.07) is 9.92. The molecule has 2 fully saturated rings. The number of nitrogens with one attached hydrogen (secondary N) is 4. The van der Waals surface area contributed by atoms with Gasteiger partial charge >= 0.3 is 6.03 Å². The van der Waals surface area contributed by atoms with E-state index in [1.165, 1.54) is 49.2 Å². The van der Waals surface area contributed by atoms with Gasteiger partial charge in [0.1, 0.15) is 11.6 Å². The molecule has 3 heterocycles. The first kappa shape index (κ1) is 31.6. The molecule has 0 bridgehead atoms. The molecule has 0 radical (unpaired) electrons. The molecule has 0 spiro atoms. The molecule has 4 N–H and O–H groups in total. The predicted molar refractivity (Wildman–Crippen MR) is 168 cm³/mol. The molecule has 44 heavy (non-hydrogen) atoms. The first-order valence-corrected chi connectivity index (χ1v) is 15.4. The van der Waals surface area contributed by atoms with Gasteiger partial charge in [-0.05, 0) is 94.8 Å². The van der Waals surface area contributed by atoms with Gasteiger partial charge in [-0.25, -0.2) is 18.5 Å². The third-order valence-electron chi connectivity index (χ3n) is 8.20. The lowest BCUT2D eigenvalue weighted by Gasteiger charge is -2.38. The third-order valence-corrected chi connectivity index (χ3v) is 8.41. The largest absolute Gasteiger partial charge is 0.468 e. The molecule has 0 saturated carbocycles. The highest BCUT2D eigenvalue weighted by atomic mass is 32.1. The van der Waals surface area contributed by atoms with Gasteiger partial charge in [0.05, 0.1) is 12.6 Å². The van der Waals surface area contributed by atoms with Gasteiger partial charge in [0.15, 0.2) is 22.9 Å². The van der Waals surface area contributed by atoms with E-state index < -0.39 is 12.0 Å². The van der Waals surface area contributed by atoms with E-state index in [-0.39, 0.29) is 47.2 Å². The number of nitrogens with zero attached hydrogens (tertiary/aromatic N) is 3. The highest BCUT2D eigenvalue weighted by Gasteiger charge is 2.33. The van der Waals surface area contributed by atoms with Crippen LogP contribution in [0.15, 0.2) is 54.4 Å². The number of likely N-dealkylation sites (tertiary alicyclic amines) is 2. The van der Waals surface area contributed by atoms with Crippen molar-refractivity contribution in [2.24, 2.45) is 0 Å². The Morgan fingerprint density at radius 2 is 1.80 bits per heavy atom. The fourth-order valence-electron chi connectivity index (χ4n) is 5.72. The van der Waals surface area contributed by atoms with E-state index in [2.05, 4.69) is 26.2 Å². The van der Waals surface area contributed by atoms with Crippen molar-refractivity contribution in [2.75, 3.05) is 38.5 Å². The van der Waals surface area contributed by atoms with Crippen molar-refractivity contribution in [1.82, 2.24) is 30.7 Å². The summed E-state index contributed by atoms with van der Waals surface area (Å²) >= 11 is 5.20. The molecular formula is C31H39F2N7O3S. The number of likely N-dealkylation sites (N-methyl/N-ethyl adjacent to an activating group) is 1. The Morgan fingerprint density at radius 3 is 2.52 bits per heavy atom. The molecule has 5 rings (SSSR count). The van der Waals surface area contributed by atoms with Crippen LogP contribution in [0.2, 0.25) is 0 Å². The van der Waals surface area contributed by atoms with E-state index in [9.17, 15) is 14.0 Å². The van der Waals surface area contributed by atoms with Crippen LogP contribution in [-0.2, 0) is 11.2 Å². The van der Waals surface area contributed by atoms with Crippen LogP contribution < -0.4 is 26.0 Å². The second-order valence-electron chi connectivity index (χ2n) is 11.5. The normalized spacial score (nSPS) is 22.2. The monoisotopic (exact) mass is 627 g/mol. The zero-order valence-corrected chi connectivity index (χ0v) is 25.8. The smallest absolute Gasteiger partial charge is 0.323 e. The number of benzene rings is 2. The van der Waals surface area contributed by atoms with E-state index in [4.69, 9.17) is 17.0 Å². The topological polar surface area (TPSA) is 101 Å². The molecule has 0 aromatic heterocycles. The van der Waals surface area contributed by atoms with Gasteiger partial charge < -0.3 is 30.5 Å². The molecule has 10 nitrogen and oxygen atoms in total. The van der Waals surface area contributed by atoms with Crippen LogP contribution in [0, 0.1) is 11.6 Å². The predicted octanol–water partition coefficient (Wildman–Crippen LogP) is 3.72. The second kappa shape index (κ2) is 14.3. The molecular weight excluding hydrogens is 588 g/mol. The van der Waals surface area contributed by atoms with Gasteiger partial charge in [-0.15, -0.1) is 0 Å². The maximum absolute atomic E-state index is 15.1. The van der Waals surface area contributed by atoms with Crippen molar-refractivity contribution in [3.8, 4) is 5.75 Å². The molecule has 3 atom stereocenters. The summed E-state index contributed by atoms with van der Waals surface area (Å²) in [6.45, 7) is 5.74. The Morgan fingerprint density at radius 1 is 1.05 bits per heavy atom. The molecule has 3 unspecified atom stereocenters. The van der Waals surface area contributed by atoms with E-state index in [1.54, 1.807) is 12.1 Å². The maximum atomic E-state index is 15.1. The van der Waals surface area contributed by atoms with E-state index in [0.717, 1.165) is 39.0 Å². The van der Waals surface area contributed by atoms with Crippen LogP contribution in [0.1, 0.15) is 38.2 Å². The minimum atomic E-state index is -0.652. The van der Waals surface area contributed by atoms with E-state index in [0.29, 0.717) is 17.1 Å². The summed E-state index contributed by atoms with van der Waals surface area (Å²) in [7, 11) is 1.84. The van der Waals surface area contributed by atoms with Crippen LogP contribution in [0.3, 0.4) is 0 Å². The molecule has 0 aliphatic carbocycles. The van der Waals surface area contributed by atoms with Crippen molar-refractivity contribution in [2.45, 2.75) is 57.5 Å². The lowest BCUT2D eigenvalue weighted by atomic mass is 10.1. The summed E-state index contributed by atoms with van der Waals surface area (Å²) in [5.74, 6) is -0.878. The zero-order valence-electron chi connectivity index (χ0n) is 24.9. The molecule has 3 aliphatic heterocycles. The average molecular weight is 628 g/mol. The SMILES string of the molecule is CC1NC(NC(=O)N2CCCC2CN2CCCC2)=CC(Oc2ccc(NC(=S)NC(=O)Cc3ccc(F)cc3)cc2F)N1C. The van der Waals surface area contributed by atoms with E-state index in [1.807, 2.05) is 23.8 Å². The van der Waals surface area contributed by atoms with Gasteiger partial charge in [-0.1, -0.05) is 12.1 Å². The number of ether oxygens (including phenoxy) is 1. The molecule has 2 aromatic carbocycles. The van der Waals surface area contributed by atoms with Gasteiger partial charge in [-0.3, -0.25) is 10.1 Å². The van der Waals surface area contributed by atoms with Crippen LogP contribution in [0.25, 0.3) is 0 Å². The summed E-state index contributed by atoms with van der Waals surface area (Å²) in [6.07, 6.45) is 5.31. The number of rotatable bonds is 8. The minimum Gasteiger partial charge on any atom is -0.468 e. The van der Waals surface area contributed by atoms with Crippen molar-refractivity contribution in [3.63, 3.8) is 0 Å². The van der Waals surface area contributed by atoms with Crippen LogP contribution in [-0.4, -0.2) is 83.4 Å². The minimum absolute atomic E-state index is 0.00100. The zero-order chi connectivity index (χ0) is 31.2. The lowest BCUT2D eigenvalue weighted by Crippen LogP contribution is -2.56. The number of thiocarbonyl (C=S) groups is 1. The summed E-state index contributed by atoms with van der Waals surface area (Å²) < 4.78 is 34.2. The van der Waals surface area contributed by atoms with Crippen LogP contribution in [0.5, 0.6) is 5.75 Å². The van der Waals surface area contributed by atoms with Gasteiger partial charge in [0, 0.05) is 37.0 Å². The first-order chi connectivity index (χ1) is 21.1. The van der Waals surface area contributed by atoms with Gasteiger partial charge in [-0.2, -0.15) is 0 Å². The summed E-state index contributed by atoms with van der Waals surface area (Å²) in [4.78, 5) is 31.8. The van der Waals surface area contributed by atoms with E-state index >= 15 is 4.39 Å². The van der Waals surface area contributed by atoms with Gasteiger partial charge in [0.2, 0.25) is 5.91 Å². The summed E-state index contributed by atoms with van der Waals surface area (Å²) in [5, 5.41) is 11.6. The Bertz CT molecular complexity index is 1390. The molecule has 2 aromatic rings. The number of carbonyl (C=O) groups is 2. The number of urea groups is 1. The fourth-order valence-corrected chi connectivity index (χ4v) is 5.95. The Hall–Kier alpha value is -3.81. The third kappa shape index (κ3) is 8.21. The quantitative estimate of drug-likeness (QED) is 0.329. The van der Waals surface area contributed by atoms with Crippen molar-refractivity contribution >= 4 is 35.0 Å². The average Bonchev–Trinajstić information content (AvgIpc) is 3.66. The number of halogens is 2. The lowest BCUT2D eigenvalue weighted by molar-refractivity contribution is -0.119. The number of anilines is 1. The number of carbonyl (C=O) groups excluding carboxylic acids is 2. The fraction of sp³-hybridized carbons (Fsp3) is 0.452. The Balaban J connectivity index is 1.16. The Kier molecular flexibility index (Phi) is 10.3. The molecule has 3 aliphatic rings. The molecule has 3 amide bonds. The van der Waals surface area contributed by atoms with Crippen molar-refractivity contribution < 1.29 is 23.1 Å². The first-order valence-electron chi connectivity index (χ1n) is 15.0. The highest BCUT2D eigenvalue weighted by molar-refractivity contribution is 7.80. The number of hydrogen-bond donors (Lipinski definition) is 4. The molecule has 236 valence electrons. The molecule has 13 heteroatoms. The molecule has 2 saturated heterocycles.